The number of aromatic nitrogens is 1. The molecule has 1 heterocycles. The number of nitrogens with two attached hydrogens (primary N) is 1. The fraction of sp³-hybridized carbons (Fsp3) is 0.500. The summed E-state index contributed by atoms with van der Waals surface area (Å²) in [6.07, 6.45) is 5.19. The minimum Gasteiger partial charge on any atom is -0.477 e. The summed E-state index contributed by atoms with van der Waals surface area (Å²) in [5.74, 6) is -0.146. The molecule has 0 spiro atoms. The molecular weight excluding hydrogens is 264 g/mol. The number of nitrogens with zero attached hydrogens (tertiary/aromatic N) is 3. The zero-order valence-corrected chi connectivity index (χ0v) is 11.3. The van der Waals surface area contributed by atoms with Crippen LogP contribution in [0.25, 0.3) is 0 Å². The highest BCUT2D eigenvalue weighted by atomic mass is 16.6. The van der Waals surface area contributed by atoms with Gasteiger partial charge in [0.15, 0.2) is 5.84 Å². The van der Waals surface area contributed by atoms with Crippen LogP contribution in [0.15, 0.2) is 17.4 Å². The standard InChI is InChI=1S/C12H18N4O4/c1-2-3-4-5-6-20-12-10(11(13)15-17)7-9(8-14-12)16(18)19/h7-8,17H,2-6H2,1H3,(H2,13,15). The van der Waals surface area contributed by atoms with E-state index in [1.165, 1.54) is 6.07 Å². The molecule has 3 N–H and O–H groups in total. The van der Waals surface area contributed by atoms with Crippen molar-refractivity contribution >= 4 is 11.5 Å². The number of oxime groups is 1. The zero-order chi connectivity index (χ0) is 15.0. The molecule has 0 radical (unpaired) electrons. The van der Waals surface area contributed by atoms with Gasteiger partial charge in [0.1, 0.15) is 6.20 Å². The Bertz CT molecular complexity index is 490. The van der Waals surface area contributed by atoms with E-state index in [4.69, 9.17) is 15.7 Å². The molecule has 0 amide bonds. The molecule has 0 fully saturated rings. The van der Waals surface area contributed by atoms with E-state index in [1.54, 1.807) is 0 Å². The van der Waals surface area contributed by atoms with Crippen LogP contribution in [-0.4, -0.2) is 27.6 Å². The van der Waals surface area contributed by atoms with Gasteiger partial charge in [0.25, 0.3) is 5.69 Å². The molecule has 1 rings (SSSR count). The first-order valence-corrected chi connectivity index (χ1v) is 6.35. The predicted octanol–water partition coefficient (Wildman–Crippen LogP) is 2.04. The summed E-state index contributed by atoms with van der Waals surface area (Å²) in [5, 5.41) is 22.2. The lowest BCUT2D eigenvalue weighted by molar-refractivity contribution is -0.385. The van der Waals surface area contributed by atoms with E-state index < -0.39 is 4.92 Å². The maximum Gasteiger partial charge on any atom is 0.288 e. The molecule has 0 saturated heterocycles. The Kier molecular flexibility index (Phi) is 6.21. The first-order valence-electron chi connectivity index (χ1n) is 6.35. The number of hydrogen-bond donors (Lipinski definition) is 2. The third-order valence-electron chi connectivity index (χ3n) is 2.67. The van der Waals surface area contributed by atoms with E-state index in [2.05, 4.69) is 17.1 Å². The predicted molar refractivity (Wildman–Crippen MR) is 73.0 cm³/mol. The lowest BCUT2D eigenvalue weighted by Gasteiger charge is -2.09. The molecule has 8 heteroatoms. The minimum atomic E-state index is -0.605. The lowest BCUT2D eigenvalue weighted by Crippen LogP contribution is -2.16. The summed E-state index contributed by atoms with van der Waals surface area (Å²) in [6, 6.07) is 1.17. The molecule has 0 aliphatic heterocycles. The smallest absolute Gasteiger partial charge is 0.288 e. The average molecular weight is 282 g/mol. The van der Waals surface area contributed by atoms with Crippen LogP contribution in [0.5, 0.6) is 5.88 Å². The Morgan fingerprint density at radius 1 is 1.55 bits per heavy atom. The molecule has 0 aliphatic rings. The van der Waals surface area contributed by atoms with Gasteiger partial charge in [-0.3, -0.25) is 10.1 Å². The molecule has 1 aromatic rings. The van der Waals surface area contributed by atoms with Crippen LogP contribution in [-0.2, 0) is 0 Å². The highest BCUT2D eigenvalue weighted by Crippen LogP contribution is 2.21. The number of pyridine rings is 1. The van der Waals surface area contributed by atoms with Gasteiger partial charge in [-0.1, -0.05) is 31.3 Å². The van der Waals surface area contributed by atoms with Crippen molar-refractivity contribution in [3.05, 3.63) is 27.9 Å². The van der Waals surface area contributed by atoms with Gasteiger partial charge in [0.05, 0.1) is 17.1 Å². The van der Waals surface area contributed by atoms with Crippen molar-refractivity contribution in [2.24, 2.45) is 10.9 Å². The summed E-state index contributed by atoms with van der Waals surface area (Å²) in [7, 11) is 0. The van der Waals surface area contributed by atoms with Gasteiger partial charge in [0, 0.05) is 6.07 Å². The van der Waals surface area contributed by atoms with Crippen LogP contribution in [0.4, 0.5) is 5.69 Å². The van der Waals surface area contributed by atoms with Crippen LogP contribution < -0.4 is 10.5 Å². The number of hydrogen-bond acceptors (Lipinski definition) is 6. The van der Waals surface area contributed by atoms with Crippen LogP contribution in [0.1, 0.15) is 38.2 Å². The van der Waals surface area contributed by atoms with Crippen molar-refractivity contribution in [2.75, 3.05) is 6.61 Å². The molecule has 0 atom stereocenters. The van der Waals surface area contributed by atoms with Gasteiger partial charge < -0.3 is 15.7 Å². The molecule has 0 aromatic carbocycles. The Balaban J connectivity index is 2.81. The second-order valence-electron chi connectivity index (χ2n) is 4.20. The summed E-state index contributed by atoms with van der Waals surface area (Å²) in [5.41, 5.74) is 5.34. The molecule has 20 heavy (non-hydrogen) atoms. The number of amidine groups is 1. The topological polar surface area (TPSA) is 124 Å². The number of rotatable bonds is 8. The van der Waals surface area contributed by atoms with E-state index in [9.17, 15) is 10.1 Å². The van der Waals surface area contributed by atoms with E-state index >= 15 is 0 Å². The van der Waals surface area contributed by atoms with E-state index in [-0.39, 0.29) is 23.0 Å². The molecule has 0 unspecified atom stereocenters. The highest BCUT2D eigenvalue weighted by molar-refractivity contribution is 5.99. The molecule has 0 saturated carbocycles. The van der Waals surface area contributed by atoms with Crippen LogP contribution in [0, 0.1) is 10.1 Å². The second-order valence-corrected chi connectivity index (χ2v) is 4.20. The third kappa shape index (κ3) is 4.38. The molecular formula is C12H18N4O4. The monoisotopic (exact) mass is 282 g/mol. The van der Waals surface area contributed by atoms with Gasteiger partial charge in [0.2, 0.25) is 5.88 Å². The first kappa shape index (κ1) is 15.7. The molecule has 110 valence electrons. The Morgan fingerprint density at radius 3 is 2.90 bits per heavy atom. The van der Waals surface area contributed by atoms with Gasteiger partial charge in [-0.25, -0.2) is 4.98 Å². The van der Waals surface area contributed by atoms with Crippen LogP contribution in [0.3, 0.4) is 0 Å². The third-order valence-corrected chi connectivity index (χ3v) is 2.67. The summed E-state index contributed by atoms with van der Waals surface area (Å²) >= 11 is 0. The van der Waals surface area contributed by atoms with Crippen molar-refractivity contribution in [1.82, 2.24) is 4.98 Å². The van der Waals surface area contributed by atoms with Gasteiger partial charge >= 0.3 is 0 Å². The molecule has 0 aliphatic carbocycles. The van der Waals surface area contributed by atoms with Gasteiger partial charge in [-0.05, 0) is 6.42 Å². The number of ether oxygens (including phenoxy) is 1. The van der Waals surface area contributed by atoms with Crippen molar-refractivity contribution in [3.63, 3.8) is 0 Å². The van der Waals surface area contributed by atoms with Crippen molar-refractivity contribution < 1.29 is 14.9 Å². The number of nitro groups is 1. The maximum absolute atomic E-state index is 10.7. The van der Waals surface area contributed by atoms with E-state index in [0.29, 0.717) is 6.61 Å². The fourth-order valence-electron chi connectivity index (χ4n) is 1.59. The largest absolute Gasteiger partial charge is 0.477 e. The van der Waals surface area contributed by atoms with Crippen LogP contribution in [0.2, 0.25) is 0 Å². The zero-order valence-electron chi connectivity index (χ0n) is 11.3. The Labute approximate surface area is 116 Å². The normalized spacial score (nSPS) is 11.3. The van der Waals surface area contributed by atoms with Crippen molar-refractivity contribution in [3.8, 4) is 5.88 Å². The highest BCUT2D eigenvalue weighted by Gasteiger charge is 2.16. The quantitative estimate of drug-likeness (QED) is 0.188. The number of unbranched alkanes of at least 4 members (excludes halogenated alkanes) is 3. The van der Waals surface area contributed by atoms with Crippen molar-refractivity contribution in [2.45, 2.75) is 32.6 Å². The Morgan fingerprint density at radius 2 is 2.30 bits per heavy atom. The van der Waals surface area contributed by atoms with Crippen molar-refractivity contribution in [1.29, 1.82) is 0 Å². The lowest BCUT2D eigenvalue weighted by atomic mass is 10.2. The molecule has 1 aromatic heterocycles. The Hall–Kier alpha value is -2.38. The average Bonchev–Trinajstić information content (AvgIpc) is 2.46. The van der Waals surface area contributed by atoms with Gasteiger partial charge in [-0.2, -0.15) is 0 Å². The fourth-order valence-corrected chi connectivity index (χ4v) is 1.59. The van der Waals surface area contributed by atoms with Crippen LogP contribution >= 0.6 is 0 Å². The minimum absolute atomic E-state index is 0.109. The summed E-state index contributed by atoms with van der Waals surface area (Å²) < 4.78 is 5.44. The van der Waals surface area contributed by atoms with Gasteiger partial charge in [-0.15, -0.1) is 0 Å². The summed E-state index contributed by atoms with van der Waals surface area (Å²) in [6.45, 7) is 2.53. The second kappa shape index (κ2) is 7.93. The first-order chi connectivity index (χ1) is 9.60. The maximum atomic E-state index is 10.7. The summed E-state index contributed by atoms with van der Waals surface area (Å²) in [4.78, 5) is 13.9. The molecule has 8 nitrogen and oxygen atoms in total. The van der Waals surface area contributed by atoms with E-state index in [0.717, 1.165) is 31.9 Å². The SMILES string of the molecule is CCCCCCOc1ncc([N+](=O)[O-])cc1C(N)=NO. The molecule has 0 bridgehead atoms. The van der Waals surface area contributed by atoms with E-state index in [1.807, 2.05) is 0 Å².